The molecule has 3 atom stereocenters. The lowest BCUT2D eigenvalue weighted by Gasteiger charge is -2.28. The van der Waals surface area contributed by atoms with Crippen LogP contribution in [0.4, 0.5) is 0 Å². The monoisotopic (exact) mass is 215 g/mol. The average Bonchev–Trinajstić information content (AvgIpc) is 2.20. The summed E-state index contributed by atoms with van der Waals surface area (Å²) in [6.45, 7) is 1.10. The van der Waals surface area contributed by atoms with Crippen LogP contribution >= 0.6 is 0 Å². The largest absolute Gasteiger partial charge is 0.393 e. The highest BCUT2D eigenvalue weighted by molar-refractivity contribution is 5.79. The zero-order valence-electron chi connectivity index (χ0n) is 8.98. The molecular formula is C10H21N3O2. The van der Waals surface area contributed by atoms with Gasteiger partial charge in [0.05, 0.1) is 12.1 Å². The van der Waals surface area contributed by atoms with E-state index >= 15 is 0 Å². The first-order valence-electron chi connectivity index (χ1n) is 5.55. The number of aliphatic hydroxyl groups is 1. The molecule has 3 unspecified atom stereocenters. The Hall–Kier alpha value is -0.650. The second kappa shape index (κ2) is 6.05. The van der Waals surface area contributed by atoms with Crippen LogP contribution in [-0.2, 0) is 4.79 Å². The van der Waals surface area contributed by atoms with Crippen LogP contribution in [0.2, 0.25) is 0 Å². The Kier molecular flexibility index (Phi) is 5.01. The molecule has 1 aliphatic carbocycles. The van der Waals surface area contributed by atoms with Crippen molar-refractivity contribution in [3.8, 4) is 0 Å². The molecule has 0 aromatic rings. The second-order valence-electron chi connectivity index (χ2n) is 4.28. The zero-order chi connectivity index (χ0) is 11.3. The molecule has 6 N–H and O–H groups in total. The normalized spacial score (nSPS) is 28.7. The van der Waals surface area contributed by atoms with Gasteiger partial charge in [-0.15, -0.1) is 0 Å². The molecule has 1 fully saturated rings. The van der Waals surface area contributed by atoms with Crippen LogP contribution in [0.1, 0.15) is 25.7 Å². The summed E-state index contributed by atoms with van der Waals surface area (Å²) in [5, 5.41) is 12.8. The van der Waals surface area contributed by atoms with Crippen molar-refractivity contribution in [1.82, 2.24) is 5.32 Å². The maximum absolute atomic E-state index is 10.7. The Morgan fingerprint density at radius 3 is 2.73 bits per heavy atom. The Labute approximate surface area is 90.2 Å². The van der Waals surface area contributed by atoms with E-state index in [4.69, 9.17) is 11.5 Å². The van der Waals surface area contributed by atoms with Crippen LogP contribution in [0.25, 0.3) is 0 Å². The molecule has 1 rings (SSSR count). The number of carbonyl (C=O) groups excluding carboxylic acids is 1. The van der Waals surface area contributed by atoms with Gasteiger partial charge in [0.25, 0.3) is 0 Å². The average molecular weight is 215 g/mol. The molecule has 0 aliphatic heterocycles. The van der Waals surface area contributed by atoms with Gasteiger partial charge in [0.15, 0.2) is 0 Å². The lowest BCUT2D eigenvalue weighted by atomic mass is 9.86. The molecule has 0 radical (unpaired) electrons. The standard InChI is InChI=1S/C10H21N3O2/c11-8(10(12)15)6-13-5-7-3-1-2-4-9(7)14/h7-9,13-14H,1-6,11H2,(H2,12,15). The fourth-order valence-corrected chi connectivity index (χ4v) is 1.95. The minimum atomic E-state index is -0.634. The van der Waals surface area contributed by atoms with E-state index in [1.807, 2.05) is 0 Å². The lowest BCUT2D eigenvalue weighted by molar-refractivity contribution is -0.119. The van der Waals surface area contributed by atoms with Crippen molar-refractivity contribution in [2.24, 2.45) is 17.4 Å². The Morgan fingerprint density at radius 1 is 1.47 bits per heavy atom. The Balaban J connectivity index is 2.16. The van der Waals surface area contributed by atoms with Crippen molar-refractivity contribution in [2.45, 2.75) is 37.8 Å². The molecular weight excluding hydrogens is 194 g/mol. The minimum absolute atomic E-state index is 0.212. The van der Waals surface area contributed by atoms with E-state index < -0.39 is 11.9 Å². The third-order valence-electron chi connectivity index (χ3n) is 3.01. The molecule has 0 aromatic carbocycles. The van der Waals surface area contributed by atoms with Gasteiger partial charge in [0.2, 0.25) is 5.91 Å². The molecule has 0 heterocycles. The molecule has 1 saturated carbocycles. The fourth-order valence-electron chi connectivity index (χ4n) is 1.95. The van der Waals surface area contributed by atoms with Crippen LogP contribution in [0, 0.1) is 5.92 Å². The maximum Gasteiger partial charge on any atom is 0.235 e. The third-order valence-corrected chi connectivity index (χ3v) is 3.01. The smallest absolute Gasteiger partial charge is 0.235 e. The predicted octanol–water partition coefficient (Wildman–Crippen LogP) is -1.06. The second-order valence-corrected chi connectivity index (χ2v) is 4.28. The molecule has 1 amide bonds. The lowest BCUT2D eigenvalue weighted by Crippen LogP contribution is -2.46. The highest BCUT2D eigenvalue weighted by Gasteiger charge is 2.22. The maximum atomic E-state index is 10.7. The SMILES string of the molecule is NC(=O)C(N)CNCC1CCCCC1O. The Morgan fingerprint density at radius 2 is 2.13 bits per heavy atom. The van der Waals surface area contributed by atoms with Crippen molar-refractivity contribution in [2.75, 3.05) is 13.1 Å². The third kappa shape index (κ3) is 4.15. The summed E-state index contributed by atoms with van der Waals surface area (Å²) in [5.74, 6) is -0.203. The van der Waals surface area contributed by atoms with E-state index in [9.17, 15) is 9.90 Å². The number of hydrogen-bond donors (Lipinski definition) is 4. The molecule has 88 valence electrons. The summed E-state index contributed by atoms with van der Waals surface area (Å²) in [6, 6.07) is -0.634. The molecule has 0 bridgehead atoms. The van der Waals surface area contributed by atoms with Gasteiger partial charge >= 0.3 is 0 Å². The Bertz CT molecular complexity index is 211. The topological polar surface area (TPSA) is 101 Å². The molecule has 0 aromatic heterocycles. The van der Waals surface area contributed by atoms with Gasteiger partial charge in [0.1, 0.15) is 0 Å². The molecule has 5 heteroatoms. The van der Waals surface area contributed by atoms with Crippen molar-refractivity contribution in [3.05, 3.63) is 0 Å². The van der Waals surface area contributed by atoms with Crippen molar-refractivity contribution in [3.63, 3.8) is 0 Å². The zero-order valence-corrected chi connectivity index (χ0v) is 8.98. The first-order chi connectivity index (χ1) is 7.11. The van der Waals surface area contributed by atoms with Crippen molar-refractivity contribution < 1.29 is 9.90 Å². The summed E-state index contributed by atoms with van der Waals surface area (Å²) >= 11 is 0. The molecule has 1 aliphatic rings. The van der Waals surface area contributed by atoms with E-state index in [0.717, 1.165) is 19.3 Å². The predicted molar refractivity (Wildman–Crippen MR) is 58.0 cm³/mol. The first-order valence-corrected chi connectivity index (χ1v) is 5.55. The van der Waals surface area contributed by atoms with Gasteiger partial charge in [-0.3, -0.25) is 4.79 Å². The number of rotatable bonds is 5. The van der Waals surface area contributed by atoms with Crippen LogP contribution in [0.5, 0.6) is 0 Å². The number of nitrogens with two attached hydrogens (primary N) is 2. The first kappa shape index (κ1) is 12.4. The van der Waals surface area contributed by atoms with Gasteiger partial charge in [-0.25, -0.2) is 0 Å². The quantitative estimate of drug-likeness (QED) is 0.469. The van der Waals surface area contributed by atoms with E-state index in [2.05, 4.69) is 5.32 Å². The number of primary amides is 1. The summed E-state index contributed by atoms with van der Waals surface area (Å²) in [7, 11) is 0. The van der Waals surface area contributed by atoms with E-state index in [1.54, 1.807) is 0 Å². The van der Waals surface area contributed by atoms with Crippen molar-refractivity contribution >= 4 is 5.91 Å². The van der Waals surface area contributed by atoms with Crippen molar-refractivity contribution in [1.29, 1.82) is 0 Å². The van der Waals surface area contributed by atoms with Crippen LogP contribution in [0.3, 0.4) is 0 Å². The molecule has 0 spiro atoms. The summed E-state index contributed by atoms with van der Waals surface area (Å²) in [6.07, 6.45) is 3.99. The number of carbonyl (C=O) groups is 1. The summed E-state index contributed by atoms with van der Waals surface area (Å²) < 4.78 is 0. The van der Waals surface area contributed by atoms with Crippen LogP contribution in [0.15, 0.2) is 0 Å². The van der Waals surface area contributed by atoms with Gasteiger partial charge in [-0.05, 0) is 18.8 Å². The minimum Gasteiger partial charge on any atom is -0.393 e. The number of amides is 1. The highest BCUT2D eigenvalue weighted by atomic mass is 16.3. The number of hydrogen-bond acceptors (Lipinski definition) is 4. The van der Waals surface area contributed by atoms with Gasteiger partial charge in [-0.1, -0.05) is 12.8 Å². The molecule has 0 saturated heterocycles. The van der Waals surface area contributed by atoms with Crippen LogP contribution < -0.4 is 16.8 Å². The van der Waals surface area contributed by atoms with E-state index in [0.29, 0.717) is 19.0 Å². The van der Waals surface area contributed by atoms with E-state index in [-0.39, 0.29) is 6.10 Å². The summed E-state index contributed by atoms with van der Waals surface area (Å²) in [4.78, 5) is 10.7. The fraction of sp³-hybridized carbons (Fsp3) is 0.900. The van der Waals surface area contributed by atoms with E-state index in [1.165, 1.54) is 6.42 Å². The molecule has 5 nitrogen and oxygen atoms in total. The van der Waals surface area contributed by atoms with Crippen LogP contribution in [-0.4, -0.2) is 36.2 Å². The molecule has 15 heavy (non-hydrogen) atoms. The summed E-state index contributed by atoms with van der Waals surface area (Å²) in [5.41, 5.74) is 10.5. The van der Waals surface area contributed by atoms with Gasteiger partial charge < -0.3 is 21.9 Å². The van der Waals surface area contributed by atoms with Gasteiger partial charge in [0, 0.05) is 13.1 Å². The highest BCUT2D eigenvalue weighted by Crippen LogP contribution is 2.23. The van der Waals surface area contributed by atoms with Gasteiger partial charge in [-0.2, -0.15) is 0 Å². The number of nitrogens with one attached hydrogen (secondary N) is 1. The number of aliphatic hydroxyl groups excluding tert-OH is 1.